The molecule has 12 nitrogen and oxygen atoms in total. The number of aromatic nitrogens is 2. The topological polar surface area (TPSA) is 165 Å². The minimum Gasteiger partial charge on any atom is -0.492 e. The fraction of sp³-hybridized carbons (Fsp3) is 0.345. The number of carbonyl (C=O) groups excluding carboxylic acids is 2. The van der Waals surface area contributed by atoms with E-state index in [0.29, 0.717) is 18.6 Å². The molecule has 1 unspecified atom stereocenters. The molecule has 0 bridgehead atoms. The predicted octanol–water partition coefficient (Wildman–Crippen LogP) is 3.92. The van der Waals surface area contributed by atoms with Gasteiger partial charge in [0.1, 0.15) is 12.4 Å². The van der Waals surface area contributed by atoms with Gasteiger partial charge in [-0.2, -0.15) is 31.4 Å². The Kier molecular flexibility index (Phi) is 11.9. The number of hydrogen-bond donors (Lipinski definition) is 4. The number of H-pyrrole nitrogens is 1. The zero-order valence-electron chi connectivity index (χ0n) is 24.6. The standard InChI is InChI=1S/C25H27N5O3.2C2HF3O2/c1-29-8-10-30(11-9-29)25(32)18-4-7-23-19(12-18)13-20(16-33-23)24(31)28-22-5-2-17(3-6-22)21-14-26-27-15-21;2*3-2(4,5)1(6)7/h2-7,12,14-15,20H,8-11,13,16H2,1H3,(H,26,27)(H,28,31);2*(H,6,7). The van der Waals surface area contributed by atoms with Crippen LogP contribution in [0.15, 0.2) is 54.9 Å². The Hall–Kier alpha value is -5.13. The minimum absolute atomic E-state index is 0.0372. The summed E-state index contributed by atoms with van der Waals surface area (Å²) in [6.45, 7) is 3.54. The fourth-order valence-corrected chi connectivity index (χ4v) is 4.29. The molecule has 2 aliphatic heterocycles. The number of nitrogens with zero attached hydrogens (tertiary/aromatic N) is 3. The SMILES string of the molecule is CN1CCN(C(=O)c2ccc3c(c2)CC(C(=O)Nc2ccc(-c4cn[nH]c4)cc2)CO3)CC1.O=C(O)C(F)(F)F.O=C(O)C(F)(F)F. The Morgan fingerprint density at radius 2 is 1.47 bits per heavy atom. The minimum atomic E-state index is -5.08. The number of nitrogens with one attached hydrogen (secondary N) is 2. The molecule has 47 heavy (non-hydrogen) atoms. The summed E-state index contributed by atoms with van der Waals surface area (Å²) < 4.78 is 69.3. The third-order valence-electron chi connectivity index (χ3n) is 6.84. The number of aromatic amines is 1. The van der Waals surface area contributed by atoms with Crippen LogP contribution in [0.4, 0.5) is 32.0 Å². The van der Waals surface area contributed by atoms with Crippen molar-refractivity contribution < 1.29 is 60.5 Å². The van der Waals surface area contributed by atoms with Crippen molar-refractivity contribution in [1.82, 2.24) is 20.0 Å². The Labute approximate surface area is 262 Å². The monoisotopic (exact) mass is 673 g/mol. The number of carboxylic acids is 2. The number of amides is 2. The van der Waals surface area contributed by atoms with Crippen LogP contribution >= 0.6 is 0 Å². The molecule has 0 spiro atoms. The zero-order chi connectivity index (χ0) is 34.9. The summed E-state index contributed by atoms with van der Waals surface area (Å²) >= 11 is 0. The van der Waals surface area contributed by atoms with Gasteiger partial charge in [0.05, 0.1) is 12.1 Å². The van der Waals surface area contributed by atoms with E-state index in [0.717, 1.165) is 54.3 Å². The van der Waals surface area contributed by atoms with Crippen LogP contribution in [0.2, 0.25) is 0 Å². The van der Waals surface area contributed by atoms with E-state index in [1.807, 2.05) is 53.6 Å². The van der Waals surface area contributed by atoms with E-state index in [2.05, 4.69) is 27.5 Å². The van der Waals surface area contributed by atoms with Crippen molar-refractivity contribution >= 4 is 29.4 Å². The van der Waals surface area contributed by atoms with Gasteiger partial charge < -0.3 is 30.1 Å². The number of anilines is 1. The molecule has 0 saturated carbocycles. The first-order chi connectivity index (χ1) is 22.0. The van der Waals surface area contributed by atoms with Crippen molar-refractivity contribution in [1.29, 1.82) is 0 Å². The summed E-state index contributed by atoms with van der Waals surface area (Å²) in [5.74, 6) is -5.14. The molecule has 0 aliphatic carbocycles. The molecule has 4 N–H and O–H groups in total. The number of carbonyl (C=O) groups is 4. The quantitative estimate of drug-likeness (QED) is 0.301. The molecule has 2 aliphatic rings. The molecular formula is C29H29F6N5O7. The van der Waals surface area contributed by atoms with Gasteiger partial charge in [-0.15, -0.1) is 0 Å². The van der Waals surface area contributed by atoms with Gasteiger partial charge in [0.2, 0.25) is 5.91 Å². The van der Waals surface area contributed by atoms with Crippen molar-refractivity contribution in [2.24, 2.45) is 5.92 Å². The highest BCUT2D eigenvalue weighted by Gasteiger charge is 2.39. The van der Waals surface area contributed by atoms with Crippen LogP contribution in [0, 0.1) is 5.92 Å². The Bertz CT molecular complexity index is 1510. The average molecular weight is 674 g/mol. The van der Waals surface area contributed by atoms with E-state index in [1.54, 1.807) is 6.20 Å². The second-order valence-electron chi connectivity index (χ2n) is 10.3. The van der Waals surface area contributed by atoms with Crippen molar-refractivity contribution in [3.05, 3.63) is 66.0 Å². The number of aliphatic carboxylic acids is 2. The molecule has 3 aromatic rings. The highest BCUT2D eigenvalue weighted by molar-refractivity contribution is 5.95. The first kappa shape index (κ1) is 36.3. The van der Waals surface area contributed by atoms with Gasteiger partial charge >= 0.3 is 24.3 Å². The summed E-state index contributed by atoms with van der Waals surface area (Å²) in [5, 5.41) is 24.0. The molecule has 2 aromatic carbocycles. The maximum absolute atomic E-state index is 12.9. The Morgan fingerprint density at radius 1 is 0.894 bits per heavy atom. The number of carboxylic acid groups (broad SMARTS) is 2. The van der Waals surface area contributed by atoms with E-state index in [1.165, 1.54) is 0 Å². The number of halogens is 6. The van der Waals surface area contributed by atoms with Crippen LogP contribution < -0.4 is 10.1 Å². The predicted molar refractivity (Wildman–Crippen MR) is 153 cm³/mol. The fourth-order valence-electron chi connectivity index (χ4n) is 4.29. The molecule has 1 fully saturated rings. The third-order valence-corrected chi connectivity index (χ3v) is 6.84. The van der Waals surface area contributed by atoms with E-state index in [4.69, 9.17) is 24.5 Å². The third kappa shape index (κ3) is 10.7. The van der Waals surface area contributed by atoms with Gasteiger partial charge in [-0.25, -0.2) is 9.59 Å². The largest absolute Gasteiger partial charge is 0.492 e. The molecule has 254 valence electrons. The van der Waals surface area contributed by atoms with Crippen LogP contribution in [0.5, 0.6) is 5.75 Å². The van der Waals surface area contributed by atoms with Crippen molar-refractivity contribution in [2.45, 2.75) is 18.8 Å². The van der Waals surface area contributed by atoms with Crippen LogP contribution in [0.25, 0.3) is 11.1 Å². The number of piperazine rings is 1. The molecule has 18 heteroatoms. The maximum Gasteiger partial charge on any atom is 0.490 e. The van der Waals surface area contributed by atoms with Gasteiger partial charge in [-0.05, 0) is 54.9 Å². The molecule has 1 atom stereocenters. The number of ether oxygens (including phenoxy) is 1. The Morgan fingerprint density at radius 3 is 1.98 bits per heavy atom. The van der Waals surface area contributed by atoms with Gasteiger partial charge in [0.25, 0.3) is 5.91 Å². The lowest BCUT2D eigenvalue weighted by Crippen LogP contribution is -2.47. The number of fused-ring (bicyclic) bond motifs is 1. The van der Waals surface area contributed by atoms with E-state index in [-0.39, 0.29) is 17.7 Å². The summed E-state index contributed by atoms with van der Waals surface area (Å²) in [7, 11) is 2.07. The molecule has 3 heterocycles. The number of rotatable bonds is 4. The van der Waals surface area contributed by atoms with Gasteiger partial charge in [0.15, 0.2) is 0 Å². The summed E-state index contributed by atoms with van der Waals surface area (Å²) in [4.78, 5) is 47.7. The lowest BCUT2D eigenvalue weighted by Gasteiger charge is -2.32. The van der Waals surface area contributed by atoms with Gasteiger partial charge in [-0.3, -0.25) is 14.7 Å². The van der Waals surface area contributed by atoms with E-state index in [9.17, 15) is 35.9 Å². The Balaban J connectivity index is 0.000000360. The van der Waals surface area contributed by atoms with Crippen LogP contribution in [0.1, 0.15) is 15.9 Å². The van der Waals surface area contributed by atoms with E-state index < -0.39 is 24.3 Å². The van der Waals surface area contributed by atoms with Gasteiger partial charge in [-0.1, -0.05) is 12.1 Å². The normalized spacial score (nSPS) is 16.2. The van der Waals surface area contributed by atoms with Crippen molar-refractivity contribution in [2.75, 3.05) is 45.2 Å². The number of hydrogen-bond acceptors (Lipinski definition) is 7. The number of alkyl halides is 6. The van der Waals surface area contributed by atoms with Crippen molar-refractivity contribution in [3.8, 4) is 16.9 Å². The second kappa shape index (κ2) is 15.4. The molecule has 2 amide bonds. The lowest BCUT2D eigenvalue weighted by molar-refractivity contribution is -0.193. The highest BCUT2D eigenvalue weighted by atomic mass is 19.4. The molecule has 5 rings (SSSR count). The summed E-state index contributed by atoms with van der Waals surface area (Å²) in [6.07, 6.45) is -6.04. The highest BCUT2D eigenvalue weighted by Crippen LogP contribution is 2.30. The number of likely N-dealkylation sites (N-methyl/N-ethyl adjacent to an activating group) is 1. The molecule has 1 aromatic heterocycles. The van der Waals surface area contributed by atoms with Gasteiger partial charge in [0, 0.05) is 49.2 Å². The molecule has 0 radical (unpaired) electrons. The van der Waals surface area contributed by atoms with Crippen LogP contribution in [-0.2, 0) is 20.8 Å². The first-order valence-corrected chi connectivity index (χ1v) is 13.7. The average Bonchev–Trinajstić information content (AvgIpc) is 3.56. The molecular weight excluding hydrogens is 644 g/mol. The van der Waals surface area contributed by atoms with Crippen LogP contribution in [-0.4, -0.2) is 106 Å². The second-order valence-corrected chi connectivity index (χ2v) is 10.3. The van der Waals surface area contributed by atoms with E-state index >= 15 is 0 Å². The summed E-state index contributed by atoms with van der Waals surface area (Å²) in [5.41, 5.74) is 4.30. The first-order valence-electron chi connectivity index (χ1n) is 13.7. The smallest absolute Gasteiger partial charge is 0.490 e. The van der Waals surface area contributed by atoms with Crippen LogP contribution in [0.3, 0.4) is 0 Å². The lowest BCUT2D eigenvalue weighted by atomic mass is 9.94. The number of benzene rings is 2. The molecule has 1 saturated heterocycles. The zero-order valence-corrected chi connectivity index (χ0v) is 24.6. The summed E-state index contributed by atoms with van der Waals surface area (Å²) in [6, 6.07) is 13.2. The van der Waals surface area contributed by atoms with Crippen molar-refractivity contribution in [3.63, 3.8) is 0 Å². The maximum atomic E-state index is 12.9.